The molecule has 2 nitrogen and oxygen atoms in total. The molecule has 0 amide bonds. The first-order chi connectivity index (χ1) is 8.78. The van der Waals surface area contributed by atoms with E-state index in [0.29, 0.717) is 0 Å². The van der Waals surface area contributed by atoms with Crippen LogP contribution in [0.25, 0.3) is 20.8 Å². The van der Waals surface area contributed by atoms with Crippen LogP contribution in [0.3, 0.4) is 0 Å². The van der Waals surface area contributed by atoms with Crippen LogP contribution in [-0.4, -0.2) is 10.1 Å². The Morgan fingerprint density at radius 3 is 2.67 bits per heavy atom. The van der Waals surface area contributed by atoms with E-state index in [0.717, 1.165) is 31.9 Å². The smallest absolute Gasteiger partial charge is 0.124 e. The number of benzene rings is 2. The van der Waals surface area contributed by atoms with Gasteiger partial charge in [0.1, 0.15) is 5.01 Å². The Morgan fingerprint density at radius 2 is 1.94 bits per heavy atom. The van der Waals surface area contributed by atoms with Crippen LogP contribution in [-0.2, 0) is 6.61 Å². The zero-order valence-corrected chi connectivity index (χ0v) is 10.9. The zero-order valence-electron chi connectivity index (χ0n) is 10.1. The third-order valence-corrected chi connectivity index (χ3v) is 4.10. The summed E-state index contributed by atoms with van der Waals surface area (Å²) in [6.07, 6.45) is 0. The number of rotatable bonds is 2. The average Bonchev–Trinajstić information content (AvgIpc) is 2.82. The van der Waals surface area contributed by atoms with Gasteiger partial charge in [-0.05, 0) is 24.1 Å². The van der Waals surface area contributed by atoms with Gasteiger partial charge in [-0.1, -0.05) is 36.4 Å². The number of thiazole rings is 1. The molecule has 0 radical (unpaired) electrons. The first-order valence-electron chi connectivity index (χ1n) is 5.84. The lowest BCUT2D eigenvalue weighted by Crippen LogP contribution is -1.85. The SMILES string of the molecule is Cc1cc(CO)c2sc(-c3ccccc3)nc2c1. The van der Waals surface area contributed by atoms with Crippen LogP contribution >= 0.6 is 11.3 Å². The van der Waals surface area contributed by atoms with Crippen molar-refractivity contribution in [3.8, 4) is 10.6 Å². The minimum atomic E-state index is 0.0641. The zero-order chi connectivity index (χ0) is 12.5. The van der Waals surface area contributed by atoms with E-state index in [2.05, 4.69) is 23.2 Å². The van der Waals surface area contributed by atoms with Crippen molar-refractivity contribution < 1.29 is 5.11 Å². The second-order valence-corrected chi connectivity index (χ2v) is 5.31. The van der Waals surface area contributed by atoms with Crippen molar-refractivity contribution >= 4 is 21.6 Å². The Morgan fingerprint density at radius 1 is 1.17 bits per heavy atom. The van der Waals surface area contributed by atoms with Crippen LogP contribution in [0.2, 0.25) is 0 Å². The minimum Gasteiger partial charge on any atom is -0.392 e. The fourth-order valence-electron chi connectivity index (χ4n) is 2.08. The standard InChI is InChI=1S/C15H13NOS/c1-10-7-12(9-17)14-13(8-10)16-15(18-14)11-5-3-2-4-6-11/h2-8,17H,9H2,1H3. The molecule has 3 heteroatoms. The number of aromatic nitrogens is 1. The number of aliphatic hydroxyl groups is 1. The quantitative estimate of drug-likeness (QED) is 0.756. The predicted molar refractivity (Wildman–Crippen MR) is 75.7 cm³/mol. The molecule has 0 aliphatic rings. The summed E-state index contributed by atoms with van der Waals surface area (Å²) >= 11 is 1.64. The van der Waals surface area contributed by atoms with Crippen molar-refractivity contribution in [2.24, 2.45) is 0 Å². The minimum absolute atomic E-state index is 0.0641. The molecule has 18 heavy (non-hydrogen) atoms. The molecule has 3 aromatic rings. The highest BCUT2D eigenvalue weighted by Crippen LogP contribution is 2.32. The van der Waals surface area contributed by atoms with Crippen LogP contribution < -0.4 is 0 Å². The van der Waals surface area contributed by atoms with Crippen LogP contribution in [0.15, 0.2) is 42.5 Å². The van der Waals surface area contributed by atoms with E-state index < -0.39 is 0 Å². The summed E-state index contributed by atoms with van der Waals surface area (Å²) < 4.78 is 1.09. The number of hydrogen-bond acceptors (Lipinski definition) is 3. The van der Waals surface area contributed by atoms with Crippen molar-refractivity contribution in [2.75, 3.05) is 0 Å². The predicted octanol–water partition coefficient (Wildman–Crippen LogP) is 3.76. The van der Waals surface area contributed by atoms with Crippen molar-refractivity contribution in [3.05, 3.63) is 53.6 Å². The molecule has 1 heterocycles. The molecule has 2 aromatic carbocycles. The van der Waals surface area contributed by atoms with Crippen LogP contribution in [0, 0.1) is 6.92 Å². The molecule has 0 unspecified atom stereocenters. The summed E-state index contributed by atoms with van der Waals surface area (Å²) in [6, 6.07) is 14.2. The van der Waals surface area contributed by atoms with Crippen molar-refractivity contribution in [1.82, 2.24) is 4.98 Å². The fraction of sp³-hybridized carbons (Fsp3) is 0.133. The molecule has 0 aliphatic heterocycles. The lowest BCUT2D eigenvalue weighted by atomic mass is 10.1. The Bertz CT molecular complexity index is 688. The summed E-state index contributed by atoms with van der Waals surface area (Å²) in [5.41, 5.74) is 4.20. The van der Waals surface area contributed by atoms with Crippen molar-refractivity contribution in [3.63, 3.8) is 0 Å². The van der Waals surface area contributed by atoms with Crippen molar-refractivity contribution in [1.29, 1.82) is 0 Å². The summed E-state index contributed by atoms with van der Waals surface area (Å²) in [5, 5.41) is 10.4. The van der Waals surface area contributed by atoms with Gasteiger partial charge in [0, 0.05) is 5.56 Å². The highest BCUT2D eigenvalue weighted by molar-refractivity contribution is 7.21. The first kappa shape index (κ1) is 11.4. The summed E-state index contributed by atoms with van der Waals surface area (Å²) in [4.78, 5) is 4.66. The normalized spacial score (nSPS) is 11.0. The van der Waals surface area contributed by atoms with E-state index in [4.69, 9.17) is 0 Å². The number of aliphatic hydroxyl groups excluding tert-OH is 1. The van der Waals surface area contributed by atoms with Gasteiger partial charge in [0.2, 0.25) is 0 Å². The topological polar surface area (TPSA) is 33.1 Å². The van der Waals surface area contributed by atoms with E-state index in [1.54, 1.807) is 11.3 Å². The van der Waals surface area contributed by atoms with Crippen LogP contribution in [0.5, 0.6) is 0 Å². The van der Waals surface area contributed by atoms with Crippen LogP contribution in [0.4, 0.5) is 0 Å². The number of aryl methyl sites for hydroxylation is 1. The molecule has 90 valence electrons. The first-order valence-corrected chi connectivity index (χ1v) is 6.66. The third kappa shape index (κ3) is 1.92. The molecule has 3 rings (SSSR count). The van der Waals surface area contributed by atoms with Gasteiger partial charge in [-0.15, -0.1) is 11.3 Å². The Hall–Kier alpha value is -1.71. The molecule has 1 aromatic heterocycles. The lowest BCUT2D eigenvalue weighted by molar-refractivity contribution is 0.283. The van der Waals surface area contributed by atoms with E-state index in [9.17, 15) is 5.11 Å². The maximum Gasteiger partial charge on any atom is 0.124 e. The van der Waals surface area contributed by atoms with E-state index >= 15 is 0 Å². The molecule has 0 saturated carbocycles. The second-order valence-electron chi connectivity index (χ2n) is 4.32. The summed E-state index contributed by atoms with van der Waals surface area (Å²) in [6.45, 7) is 2.09. The third-order valence-electron chi connectivity index (χ3n) is 2.90. The molecule has 0 atom stereocenters. The highest BCUT2D eigenvalue weighted by Gasteiger charge is 2.09. The molecule has 0 bridgehead atoms. The van der Waals surface area contributed by atoms with Gasteiger partial charge in [0.15, 0.2) is 0 Å². The molecular formula is C15H13NOS. The molecular weight excluding hydrogens is 242 g/mol. The Kier molecular flexibility index (Phi) is 2.86. The maximum atomic E-state index is 9.42. The Labute approximate surface area is 110 Å². The summed E-state index contributed by atoms with van der Waals surface area (Å²) in [7, 11) is 0. The fourth-order valence-corrected chi connectivity index (χ4v) is 3.13. The number of hydrogen-bond donors (Lipinski definition) is 1. The average molecular weight is 255 g/mol. The molecule has 0 fully saturated rings. The van der Waals surface area contributed by atoms with Gasteiger partial charge in [0.05, 0.1) is 16.8 Å². The van der Waals surface area contributed by atoms with Crippen molar-refractivity contribution in [2.45, 2.75) is 13.5 Å². The van der Waals surface area contributed by atoms with Gasteiger partial charge >= 0.3 is 0 Å². The van der Waals surface area contributed by atoms with Gasteiger partial charge in [-0.25, -0.2) is 4.98 Å². The highest BCUT2D eigenvalue weighted by atomic mass is 32.1. The number of nitrogens with zero attached hydrogens (tertiary/aromatic N) is 1. The van der Waals surface area contributed by atoms with Gasteiger partial charge in [-0.2, -0.15) is 0 Å². The van der Waals surface area contributed by atoms with E-state index in [1.807, 2.05) is 31.2 Å². The Balaban J connectivity index is 2.23. The lowest BCUT2D eigenvalue weighted by Gasteiger charge is -1.99. The number of fused-ring (bicyclic) bond motifs is 1. The van der Waals surface area contributed by atoms with Crippen LogP contribution in [0.1, 0.15) is 11.1 Å². The molecule has 0 aliphatic carbocycles. The van der Waals surface area contributed by atoms with Gasteiger partial charge < -0.3 is 5.11 Å². The largest absolute Gasteiger partial charge is 0.392 e. The molecule has 1 N–H and O–H groups in total. The molecule has 0 spiro atoms. The maximum absolute atomic E-state index is 9.42. The van der Waals surface area contributed by atoms with Gasteiger partial charge in [-0.3, -0.25) is 0 Å². The monoisotopic (exact) mass is 255 g/mol. The molecule has 0 saturated heterocycles. The summed E-state index contributed by atoms with van der Waals surface area (Å²) in [5.74, 6) is 0. The van der Waals surface area contributed by atoms with Gasteiger partial charge in [0.25, 0.3) is 0 Å². The van der Waals surface area contributed by atoms with E-state index in [-0.39, 0.29) is 6.61 Å². The van der Waals surface area contributed by atoms with E-state index in [1.165, 1.54) is 0 Å². The second kappa shape index (κ2) is 4.52.